The largest absolute Gasteiger partial charge is 0.392 e. The molecule has 1 aliphatic rings. The molecule has 1 fully saturated rings. The first-order valence-electron chi connectivity index (χ1n) is 5.38. The molecular weight excluding hydrogens is 178 g/mol. The average molecular weight is 201 g/mol. The minimum absolute atomic E-state index is 0.100. The molecular formula is C11H23NO2. The Balaban J connectivity index is 2.77. The van der Waals surface area contributed by atoms with E-state index in [9.17, 15) is 5.11 Å². The summed E-state index contributed by atoms with van der Waals surface area (Å²) in [5, 5.41) is 10.3. The smallest absolute Gasteiger partial charge is 0.0658 e. The van der Waals surface area contributed by atoms with E-state index in [4.69, 9.17) is 10.5 Å². The maximum Gasteiger partial charge on any atom is 0.0658 e. The molecule has 3 N–H and O–H groups in total. The van der Waals surface area contributed by atoms with Gasteiger partial charge < -0.3 is 15.6 Å². The van der Waals surface area contributed by atoms with Crippen molar-refractivity contribution in [2.45, 2.75) is 39.7 Å². The van der Waals surface area contributed by atoms with Crippen LogP contribution in [0.2, 0.25) is 0 Å². The van der Waals surface area contributed by atoms with Crippen molar-refractivity contribution in [3.63, 3.8) is 0 Å². The van der Waals surface area contributed by atoms with Gasteiger partial charge in [0.25, 0.3) is 0 Å². The number of rotatable bonds is 2. The van der Waals surface area contributed by atoms with Crippen LogP contribution in [-0.2, 0) is 4.74 Å². The maximum atomic E-state index is 10.3. The van der Waals surface area contributed by atoms with Gasteiger partial charge in [-0.2, -0.15) is 0 Å². The summed E-state index contributed by atoms with van der Waals surface area (Å²) in [6.07, 6.45) is 1.41. The average Bonchev–Trinajstić information content (AvgIpc) is 2.16. The summed E-state index contributed by atoms with van der Waals surface area (Å²) < 4.78 is 5.32. The van der Waals surface area contributed by atoms with Gasteiger partial charge in [-0.1, -0.05) is 20.8 Å². The first kappa shape index (κ1) is 12.0. The van der Waals surface area contributed by atoms with Gasteiger partial charge in [0.15, 0.2) is 0 Å². The van der Waals surface area contributed by atoms with Crippen LogP contribution in [0.1, 0.15) is 33.6 Å². The van der Waals surface area contributed by atoms with E-state index in [-0.39, 0.29) is 16.9 Å². The standard InChI is InChI=1S/C11H23NO2/c1-10(2,3)9(13)11(8-12)4-6-14-7-5-11/h9,13H,4-8,12H2,1-3H3. The molecule has 0 radical (unpaired) electrons. The molecule has 0 aromatic carbocycles. The summed E-state index contributed by atoms with van der Waals surface area (Å²) in [6, 6.07) is 0. The van der Waals surface area contributed by atoms with Crippen molar-refractivity contribution < 1.29 is 9.84 Å². The van der Waals surface area contributed by atoms with Crippen molar-refractivity contribution in [2.75, 3.05) is 19.8 Å². The van der Waals surface area contributed by atoms with Crippen LogP contribution in [-0.4, -0.2) is 31.0 Å². The Kier molecular flexibility index (Phi) is 3.56. The zero-order valence-corrected chi connectivity index (χ0v) is 9.55. The Bertz CT molecular complexity index is 180. The molecule has 1 unspecified atom stereocenters. The summed E-state index contributed by atoms with van der Waals surface area (Å²) in [6.45, 7) is 8.18. The van der Waals surface area contributed by atoms with E-state index in [0.29, 0.717) is 6.54 Å². The van der Waals surface area contributed by atoms with Gasteiger partial charge in [0.2, 0.25) is 0 Å². The lowest BCUT2D eigenvalue weighted by atomic mass is 9.67. The first-order chi connectivity index (χ1) is 6.42. The fraction of sp³-hybridized carbons (Fsp3) is 1.00. The van der Waals surface area contributed by atoms with E-state index >= 15 is 0 Å². The second kappa shape index (κ2) is 4.17. The molecule has 1 aliphatic heterocycles. The van der Waals surface area contributed by atoms with E-state index in [1.54, 1.807) is 0 Å². The molecule has 1 rings (SSSR count). The summed E-state index contributed by atoms with van der Waals surface area (Å²) in [4.78, 5) is 0. The molecule has 0 aromatic rings. The van der Waals surface area contributed by atoms with Crippen molar-refractivity contribution >= 4 is 0 Å². The lowest BCUT2D eigenvalue weighted by molar-refractivity contribution is -0.0991. The number of hydrogen-bond acceptors (Lipinski definition) is 3. The van der Waals surface area contributed by atoms with Crippen LogP contribution in [0.3, 0.4) is 0 Å². The molecule has 1 saturated heterocycles. The Labute approximate surface area is 86.6 Å². The Hall–Kier alpha value is -0.120. The molecule has 0 aliphatic carbocycles. The van der Waals surface area contributed by atoms with Gasteiger partial charge in [-0.25, -0.2) is 0 Å². The number of ether oxygens (including phenoxy) is 1. The monoisotopic (exact) mass is 201 g/mol. The molecule has 84 valence electrons. The second-order valence-electron chi connectivity index (χ2n) is 5.45. The fourth-order valence-corrected chi connectivity index (χ4v) is 2.29. The highest BCUT2D eigenvalue weighted by Crippen LogP contribution is 2.40. The first-order valence-corrected chi connectivity index (χ1v) is 5.38. The lowest BCUT2D eigenvalue weighted by Gasteiger charge is -2.45. The zero-order valence-electron chi connectivity index (χ0n) is 9.55. The topological polar surface area (TPSA) is 55.5 Å². The van der Waals surface area contributed by atoms with Crippen molar-refractivity contribution in [2.24, 2.45) is 16.6 Å². The molecule has 1 atom stereocenters. The summed E-state index contributed by atoms with van der Waals surface area (Å²) >= 11 is 0. The molecule has 3 heteroatoms. The predicted octanol–water partition coefficient (Wildman–Crippen LogP) is 1.15. The quantitative estimate of drug-likeness (QED) is 0.704. The molecule has 0 amide bonds. The van der Waals surface area contributed by atoms with E-state index in [1.807, 2.05) is 0 Å². The van der Waals surface area contributed by atoms with Crippen molar-refractivity contribution in [1.29, 1.82) is 0 Å². The van der Waals surface area contributed by atoms with Gasteiger partial charge in [-0.15, -0.1) is 0 Å². The highest BCUT2D eigenvalue weighted by molar-refractivity contribution is 4.94. The fourth-order valence-electron chi connectivity index (χ4n) is 2.29. The van der Waals surface area contributed by atoms with Crippen LogP contribution in [0.4, 0.5) is 0 Å². The van der Waals surface area contributed by atoms with Gasteiger partial charge >= 0.3 is 0 Å². The van der Waals surface area contributed by atoms with E-state index in [0.717, 1.165) is 26.1 Å². The molecule has 0 aromatic heterocycles. The summed E-state index contributed by atoms with van der Waals surface area (Å²) in [7, 11) is 0. The van der Waals surface area contributed by atoms with Crippen LogP contribution in [0.15, 0.2) is 0 Å². The molecule has 14 heavy (non-hydrogen) atoms. The summed E-state index contributed by atoms with van der Waals surface area (Å²) in [5.74, 6) is 0. The van der Waals surface area contributed by atoms with Gasteiger partial charge in [0, 0.05) is 25.2 Å². The Morgan fingerprint density at radius 1 is 1.36 bits per heavy atom. The predicted molar refractivity (Wildman–Crippen MR) is 57.0 cm³/mol. The van der Waals surface area contributed by atoms with Crippen molar-refractivity contribution in [3.8, 4) is 0 Å². The third kappa shape index (κ3) is 2.27. The van der Waals surface area contributed by atoms with Gasteiger partial charge in [-0.3, -0.25) is 0 Å². The molecule has 0 saturated carbocycles. The Morgan fingerprint density at radius 2 is 1.86 bits per heavy atom. The minimum Gasteiger partial charge on any atom is -0.392 e. The van der Waals surface area contributed by atoms with Gasteiger partial charge in [-0.05, 0) is 18.3 Å². The van der Waals surface area contributed by atoms with E-state index in [2.05, 4.69) is 20.8 Å². The maximum absolute atomic E-state index is 10.3. The van der Waals surface area contributed by atoms with Crippen LogP contribution >= 0.6 is 0 Å². The number of aliphatic hydroxyl groups excluding tert-OH is 1. The number of nitrogens with two attached hydrogens (primary N) is 1. The second-order valence-corrected chi connectivity index (χ2v) is 5.45. The van der Waals surface area contributed by atoms with Crippen LogP contribution in [0, 0.1) is 10.8 Å². The molecule has 3 nitrogen and oxygen atoms in total. The third-order valence-electron chi connectivity index (χ3n) is 3.30. The SMILES string of the molecule is CC(C)(C)C(O)C1(CN)CCOCC1. The lowest BCUT2D eigenvalue weighted by Crippen LogP contribution is -2.51. The highest BCUT2D eigenvalue weighted by Gasteiger charge is 2.43. The molecule has 0 spiro atoms. The van der Waals surface area contributed by atoms with E-state index in [1.165, 1.54) is 0 Å². The normalized spacial score (nSPS) is 24.6. The summed E-state index contributed by atoms with van der Waals surface area (Å²) in [5.41, 5.74) is 5.59. The molecule has 0 bridgehead atoms. The van der Waals surface area contributed by atoms with Gasteiger partial charge in [0.1, 0.15) is 0 Å². The zero-order chi connectivity index (χ0) is 10.8. The van der Waals surface area contributed by atoms with Crippen LogP contribution in [0.25, 0.3) is 0 Å². The van der Waals surface area contributed by atoms with Crippen molar-refractivity contribution in [3.05, 3.63) is 0 Å². The van der Waals surface area contributed by atoms with Crippen LogP contribution in [0.5, 0.6) is 0 Å². The number of hydrogen-bond donors (Lipinski definition) is 2. The molecule has 1 heterocycles. The van der Waals surface area contributed by atoms with Gasteiger partial charge in [0.05, 0.1) is 6.10 Å². The van der Waals surface area contributed by atoms with E-state index < -0.39 is 0 Å². The number of aliphatic hydroxyl groups is 1. The Morgan fingerprint density at radius 3 is 2.21 bits per heavy atom. The van der Waals surface area contributed by atoms with Crippen molar-refractivity contribution in [1.82, 2.24) is 0 Å². The third-order valence-corrected chi connectivity index (χ3v) is 3.30. The minimum atomic E-state index is -0.344. The van der Waals surface area contributed by atoms with Crippen LogP contribution < -0.4 is 5.73 Å². The highest BCUT2D eigenvalue weighted by atomic mass is 16.5.